The normalized spacial score (nSPS) is 29.0. The molecular formula is C22H26N2O4. The van der Waals surface area contributed by atoms with Crippen molar-refractivity contribution in [2.24, 2.45) is 28.8 Å². The fraction of sp³-hybridized carbons (Fsp3) is 0.500. The van der Waals surface area contributed by atoms with Crippen molar-refractivity contribution in [3.05, 3.63) is 35.9 Å². The molecule has 2 bridgehead atoms. The monoisotopic (exact) mass is 382 g/mol. The molecule has 1 heterocycles. The van der Waals surface area contributed by atoms with Gasteiger partial charge in [0.2, 0.25) is 0 Å². The molecule has 6 nitrogen and oxygen atoms in total. The van der Waals surface area contributed by atoms with Gasteiger partial charge in [-0.1, -0.05) is 19.1 Å². The molecular weight excluding hydrogens is 356 g/mol. The standard InChI is InChI=1S/C22H26N2O4/c1-4-13(3)28-17-9-6-14(10-18(17)27-5-2)12-23-24-21(25)19-15-7-8-16(11-15)20(19)22(24)26/h6-10,12-13,15-16,19-20H,4-5,11H2,1-3H3/t13-,15+,16+,19-,20+/m1/s1. The van der Waals surface area contributed by atoms with Crippen molar-refractivity contribution >= 4 is 18.0 Å². The molecule has 1 saturated heterocycles. The Morgan fingerprint density at radius 1 is 1.14 bits per heavy atom. The van der Waals surface area contributed by atoms with E-state index in [-0.39, 0.29) is 41.6 Å². The summed E-state index contributed by atoms with van der Waals surface area (Å²) in [4.78, 5) is 25.4. The number of hydrazone groups is 1. The van der Waals surface area contributed by atoms with Crippen LogP contribution >= 0.6 is 0 Å². The Morgan fingerprint density at radius 3 is 2.43 bits per heavy atom. The molecule has 0 radical (unpaired) electrons. The molecule has 1 aliphatic heterocycles. The lowest BCUT2D eigenvalue weighted by Crippen LogP contribution is -2.28. The summed E-state index contributed by atoms with van der Waals surface area (Å²) in [5.74, 6) is 0.870. The van der Waals surface area contributed by atoms with E-state index in [4.69, 9.17) is 9.47 Å². The van der Waals surface area contributed by atoms with Crippen LogP contribution in [0.3, 0.4) is 0 Å². The average molecular weight is 382 g/mol. The van der Waals surface area contributed by atoms with E-state index in [0.717, 1.165) is 23.4 Å². The largest absolute Gasteiger partial charge is 0.490 e. The molecule has 2 amide bonds. The Hall–Kier alpha value is -2.63. The molecule has 148 valence electrons. The van der Waals surface area contributed by atoms with Gasteiger partial charge in [0.05, 0.1) is 30.8 Å². The van der Waals surface area contributed by atoms with Crippen LogP contribution < -0.4 is 9.47 Å². The van der Waals surface area contributed by atoms with Crippen molar-refractivity contribution < 1.29 is 19.1 Å². The summed E-state index contributed by atoms with van der Waals surface area (Å²) in [6.45, 7) is 6.50. The molecule has 1 aromatic carbocycles. The number of hydrogen-bond acceptors (Lipinski definition) is 5. The number of benzene rings is 1. The van der Waals surface area contributed by atoms with E-state index in [1.165, 1.54) is 0 Å². The van der Waals surface area contributed by atoms with Crippen LogP contribution in [0.5, 0.6) is 11.5 Å². The first-order valence-electron chi connectivity index (χ1n) is 10.1. The van der Waals surface area contributed by atoms with Gasteiger partial charge in [0.25, 0.3) is 11.8 Å². The third-order valence-electron chi connectivity index (χ3n) is 5.94. The minimum atomic E-state index is -0.232. The summed E-state index contributed by atoms with van der Waals surface area (Å²) in [5, 5.41) is 5.29. The van der Waals surface area contributed by atoms with Crippen molar-refractivity contribution in [2.45, 2.75) is 39.7 Å². The topological polar surface area (TPSA) is 68.2 Å². The maximum absolute atomic E-state index is 12.7. The molecule has 5 atom stereocenters. The molecule has 2 fully saturated rings. The predicted molar refractivity (Wildman–Crippen MR) is 105 cm³/mol. The van der Waals surface area contributed by atoms with Gasteiger partial charge >= 0.3 is 0 Å². The lowest BCUT2D eigenvalue weighted by Gasteiger charge is -2.16. The Bertz CT molecular complexity index is 817. The number of imide groups is 1. The Morgan fingerprint density at radius 2 is 1.82 bits per heavy atom. The van der Waals surface area contributed by atoms with Gasteiger partial charge in [-0.15, -0.1) is 0 Å². The molecule has 0 unspecified atom stereocenters. The Kier molecular flexibility index (Phi) is 4.96. The molecule has 4 rings (SSSR count). The number of hydrogen-bond donors (Lipinski definition) is 0. The van der Waals surface area contributed by atoms with E-state index >= 15 is 0 Å². The van der Waals surface area contributed by atoms with Crippen LogP contribution in [-0.2, 0) is 9.59 Å². The van der Waals surface area contributed by atoms with Gasteiger partial charge in [0.1, 0.15) is 0 Å². The minimum absolute atomic E-state index is 0.0851. The second kappa shape index (κ2) is 7.41. The van der Waals surface area contributed by atoms with Crippen molar-refractivity contribution in [1.82, 2.24) is 5.01 Å². The third-order valence-corrected chi connectivity index (χ3v) is 5.94. The number of allylic oxidation sites excluding steroid dienone is 2. The lowest BCUT2D eigenvalue weighted by atomic mass is 9.85. The van der Waals surface area contributed by atoms with E-state index < -0.39 is 0 Å². The number of carbonyl (C=O) groups is 2. The summed E-state index contributed by atoms with van der Waals surface area (Å²) >= 11 is 0. The third kappa shape index (κ3) is 3.11. The first kappa shape index (κ1) is 18.7. The zero-order valence-electron chi connectivity index (χ0n) is 16.5. The van der Waals surface area contributed by atoms with Gasteiger partial charge in [-0.25, -0.2) is 0 Å². The van der Waals surface area contributed by atoms with Gasteiger partial charge in [-0.05, 0) is 62.3 Å². The molecule has 0 aromatic heterocycles. The second-order valence-electron chi connectivity index (χ2n) is 7.71. The SMILES string of the molecule is CCOc1cc(C=NN2C(=O)[C@@H]3[C@H](C2=O)[C@H]2C=C[C@H]3C2)ccc1O[C@H](C)CC. The highest BCUT2D eigenvalue weighted by molar-refractivity contribution is 6.06. The molecule has 3 aliphatic rings. The number of rotatable bonds is 7. The quantitative estimate of drug-likeness (QED) is 0.412. The van der Waals surface area contributed by atoms with Crippen LogP contribution in [-0.4, -0.2) is 35.7 Å². The first-order chi connectivity index (χ1) is 13.5. The number of fused-ring (bicyclic) bond motifs is 5. The summed E-state index contributed by atoms with van der Waals surface area (Å²) in [6, 6.07) is 5.51. The van der Waals surface area contributed by atoms with Crippen LogP contribution in [0, 0.1) is 23.7 Å². The van der Waals surface area contributed by atoms with Crippen LogP contribution in [0.1, 0.15) is 39.2 Å². The van der Waals surface area contributed by atoms with E-state index in [9.17, 15) is 9.59 Å². The van der Waals surface area contributed by atoms with E-state index in [2.05, 4.69) is 24.2 Å². The highest BCUT2D eigenvalue weighted by Gasteiger charge is 2.59. The van der Waals surface area contributed by atoms with Crippen molar-refractivity contribution in [2.75, 3.05) is 6.61 Å². The van der Waals surface area contributed by atoms with E-state index in [0.29, 0.717) is 18.1 Å². The van der Waals surface area contributed by atoms with Crippen molar-refractivity contribution in [3.63, 3.8) is 0 Å². The van der Waals surface area contributed by atoms with Crippen LogP contribution in [0.15, 0.2) is 35.5 Å². The number of nitrogens with zero attached hydrogens (tertiary/aromatic N) is 2. The van der Waals surface area contributed by atoms with Gasteiger partial charge in [0.15, 0.2) is 11.5 Å². The minimum Gasteiger partial charge on any atom is -0.490 e. The van der Waals surface area contributed by atoms with Crippen LogP contribution in [0.2, 0.25) is 0 Å². The summed E-state index contributed by atoms with van der Waals surface area (Å²) in [5.41, 5.74) is 0.749. The molecule has 28 heavy (non-hydrogen) atoms. The zero-order valence-corrected chi connectivity index (χ0v) is 16.5. The Balaban J connectivity index is 1.52. The van der Waals surface area contributed by atoms with Gasteiger partial charge < -0.3 is 9.47 Å². The average Bonchev–Trinajstić information content (AvgIpc) is 3.36. The van der Waals surface area contributed by atoms with Gasteiger partial charge in [-0.2, -0.15) is 10.1 Å². The first-order valence-corrected chi connectivity index (χ1v) is 10.1. The highest BCUT2D eigenvalue weighted by Crippen LogP contribution is 2.52. The molecule has 1 aromatic rings. The second-order valence-corrected chi connectivity index (χ2v) is 7.71. The fourth-order valence-corrected chi connectivity index (χ4v) is 4.40. The van der Waals surface area contributed by atoms with Crippen LogP contribution in [0.25, 0.3) is 0 Å². The lowest BCUT2D eigenvalue weighted by molar-refractivity contribution is -0.140. The van der Waals surface area contributed by atoms with Crippen molar-refractivity contribution in [3.8, 4) is 11.5 Å². The van der Waals surface area contributed by atoms with Crippen molar-refractivity contribution in [1.29, 1.82) is 0 Å². The summed E-state index contributed by atoms with van der Waals surface area (Å²) in [7, 11) is 0. The van der Waals surface area contributed by atoms with E-state index in [1.54, 1.807) is 6.21 Å². The molecule has 0 N–H and O–H groups in total. The summed E-state index contributed by atoms with van der Waals surface area (Å²) in [6.07, 6.45) is 7.60. The maximum Gasteiger partial charge on any atom is 0.254 e. The summed E-state index contributed by atoms with van der Waals surface area (Å²) < 4.78 is 11.6. The number of carbonyl (C=O) groups excluding carboxylic acids is 2. The number of ether oxygens (including phenoxy) is 2. The predicted octanol–water partition coefficient (Wildman–Crippen LogP) is 3.40. The smallest absolute Gasteiger partial charge is 0.254 e. The number of amides is 2. The van der Waals surface area contributed by atoms with Gasteiger partial charge in [-0.3, -0.25) is 9.59 Å². The zero-order chi connectivity index (χ0) is 19.8. The molecule has 1 saturated carbocycles. The fourth-order valence-electron chi connectivity index (χ4n) is 4.40. The van der Waals surface area contributed by atoms with Gasteiger partial charge in [0, 0.05) is 0 Å². The van der Waals surface area contributed by atoms with E-state index in [1.807, 2.05) is 32.0 Å². The molecule has 2 aliphatic carbocycles. The maximum atomic E-state index is 12.7. The molecule has 6 heteroatoms. The highest BCUT2D eigenvalue weighted by atomic mass is 16.5. The Labute approximate surface area is 165 Å². The van der Waals surface area contributed by atoms with Crippen LogP contribution in [0.4, 0.5) is 0 Å². The molecule has 0 spiro atoms.